The molecule has 1 aliphatic rings. The number of rotatable bonds is 6. The Kier molecular flexibility index (Phi) is 5.77. The Hall–Kier alpha value is -3.75. The van der Waals surface area contributed by atoms with Crippen molar-refractivity contribution in [3.63, 3.8) is 0 Å². The van der Waals surface area contributed by atoms with Crippen molar-refractivity contribution in [3.8, 4) is 5.82 Å². The number of carbonyl (C=O) groups is 1. The Morgan fingerprint density at radius 2 is 1.79 bits per heavy atom. The Balaban J connectivity index is 1.33. The number of fused-ring (bicyclic) bond motifs is 1. The Bertz CT molecular complexity index is 1270. The van der Waals surface area contributed by atoms with E-state index in [0.717, 1.165) is 49.3 Å². The molecule has 2 aromatic carbocycles. The van der Waals surface area contributed by atoms with Gasteiger partial charge in [0, 0.05) is 56.2 Å². The van der Waals surface area contributed by atoms with Crippen LogP contribution in [0.2, 0.25) is 0 Å². The molecule has 2 aromatic heterocycles. The van der Waals surface area contributed by atoms with E-state index in [1.807, 2.05) is 34.9 Å². The number of para-hydroxylation sites is 1. The average molecular weight is 442 g/mol. The van der Waals surface area contributed by atoms with Crippen LogP contribution in [0, 0.1) is 0 Å². The third-order valence-electron chi connectivity index (χ3n) is 6.08. The highest BCUT2D eigenvalue weighted by molar-refractivity contribution is 6.06. The second kappa shape index (κ2) is 9.01. The van der Waals surface area contributed by atoms with Gasteiger partial charge in [0.1, 0.15) is 5.82 Å². The summed E-state index contributed by atoms with van der Waals surface area (Å²) < 4.78 is 1.86. The molecule has 0 atom stereocenters. The van der Waals surface area contributed by atoms with Gasteiger partial charge in [0.05, 0.1) is 11.1 Å². The third kappa shape index (κ3) is 4.57. The molecule has 0 spiro atoms. The van der Waals surface area contributed by atoms with Gasteiger partial charge in [-0.1, -0.05) is 30.3 Å². The zero-order valence-electron chi connectivity index (χ0n) is 18.6. The van der Waals surface area contributed by atoms with Crippen molar-refractivity contribution in [2.45, 2.75) is 6.54 Å². The van der Waals surface area contributed by atoms with E-state index in [4.69, 9.17) is 5.73 Å². The summed E-state index contributed by atoms with van der Waals surface area (Å²) in [6.45, 7) is 5.39. The molecule has 1 amide bonds. The number of benzene rings is 2. The van der Waals surface area contributed by atoms with Crippen LogP contribution in [0.5, 0.6) is 0 Å². The Labute approximate surface area is 192 Å². The molecule has 0 bridgehead atoms. The monoisotopic (exact) mass is 441 g/mol. The number of anilines is 2. The Morgan fingerprint density at radius 1 is 1.03 bits per heavy atom. The maximum absolute atomic E-state index is 11.9. The molecule has 4 aromatic rings. The van der Waals surface area contributed by atoms with Gasteiger partial charge in [-0.3, -0.25) is 9.69 Å². The fourth-order valence-electron chi connectivity index (χ4n) is 4.20. The summed E-state index contributed by atoms with van der Waals surface area (Å²) in [4.78, 5) is 25.8. The van der Waals surface area contributed by atoms with Crippen molar-refractivity contribution in [2.24, 2.45) is 5.73 Å². The minimum absolute atomic E-state index is 0.464. The maximum atomic E-state index is 11.9. The van der Waals surface area contributed by atoms with Crippen LogP contribution < -0.4 is 11.1 Å². The van der Waals surface area contributed by atoms with Crippen LogP contribution in [0.1, 0.15) is 15.9 Å². The number of nitrogens with two attached hydrogens (primary N) is 1. The second-order valence-electron chi connectivity index (χ2n) is 8.43. The van der Waals surface area contributed by atoms with Gasteiger partial charge >= 0.3 is 0 Å². The van der Waals surface area contributed by atoms with E-state index in [1.165, 1.54) is 5.56 Å². The molecule has 168 valence electrons. The number of hydrogen-bond acceptors (Lipinski definition) is 6. The smallest absolute Gasteiger partial charge is 0.250 e. The molecule has 8 nitrogen and oxygen atoms in total. The van der Waals surface area contributed by atoms with Crippen LogP contribution in [-0.2, 0) is 6.54 Å². The van der Waals surface area contributed by atoms with E-state index in [9.17, 15) is 4.79 Å². The minimum atomic E-state index is -0.464. The number of nitrogens with one attached hydrogen (secondary N) is 1. The molecule has 1 saturated heterocycles. The molecule has 8 heteroatoms. The summed E-state index contributed by atoms with van der Waals surface area (Å²) in [5.74, 6) is 0.676. The molecule has 0 unspecified atom stereocenters. The Morgan fingerprint density at radius 3 is 2.55 bits per heavy atom. The third-order valence-corrected chi connectivity index (χ3v) is 6.08. The standard InChI is InChI=1S/C25H27N7O/c1-30-12-14-31(15-13-30)16-18-6-8-19(9-7-18)28-25-27-11-10-23(29-25)32-17-21(24(26)33)20-4-2-3-5-22(20)32/h2-11,17H,12-16H2,1H3,(H2,26,33)(H,27,28,29). The van der Waals surface area contributed by atoms with Gasteiger partial charge in [-0.15, -0.1) is 0 Å². The zero-order chi connectivity index (χ0) is 22.8. The van der Waals surface area contributed by atoms with E-state index >= 15 is 0 Å². The number of likely N-dealkylation sites (N-methyl/N-ethyl adjacent to an activating group) is 1. The van der Waals surface area contributed by atoms with E-state index in [-0.39, 0.29) is 0 Å². The number of carbonyl (C=O) groups excluding carboxylic acids is 1. The molecule has 0 radical (unpaired) electrons. The SMILES string of the molecule is CN1CCN(Cc2ccc(Nc3nccc(-n4cc(C(N)=O)c5ccccc54)n3)cc2)CC1. The summed E-state index contributed by atoms with van der Waals surface area (Å²) in [5.41, 5.74) is 9.12. The van der Waals surface area contributed by atoms with Gasteiger partial charge in [-0.25, -0.2) is 4.98 Å². The van der Waals surface area contributed by atoms with Crippen molar-refractivity contribution in [1.82, 2.24) is 24.3 Å². The van der Waals surface area contributed by atoms with Gasteiger partial charge in [-0.2, -0.15) is 4.98 Å². The van der Waals surface area contributed by atoms with Crippen LogP contribution in [0.3, 0.4) is 0 Å². The van der Waals surface area contributed by atoms with Crippen LogP contribution >= 0.6 is 0 Å². The number of hydrogen-bond donors (Lipinski definition) is 2. The predicted octanol–water partition coefficient (Wildman–Crippen LogP) is 3.01. The van der Waals surface area contributed by atoms with E-state index < -0.39 is 5.91 Å². The van der Waals surface area contributed by atoms with Crippen molar-refractivity contribution < 1.29 is 4.79 Å². The lowest BCUT2D eigenvalue weighted by Crippen LogP contribution is -2.43. The van der Waals surface area contributed by atoms with Crippen molar-refractivity contribution in [1.29, 1.82) is 0 Å². The zero-order valence-corrected chi connectivity index (χ0v) is 18.6. The lowest BCUT2D eigenvalue weighted by atomic mass is 10.2. The van der Waals surface area contributed by atoms with Crippen molar-refractivity contribution in [3.05, 3.63) is 78.1 Å². The fourth-order valence-corrected chi connectivity index (χ4v) is 4.20. The van der Waals surface area contributed by atoms with Crippen LogP contribution in [0.4, 0.5) is 11.6 Å². The molecule has 0 saturated carbocycles. The van der Waals surface area contributed by atoms with Gasteiger partial charge in [0.2, 0.25) is 5.95 Å². The van der Waals surface area contributed by atoms with Crippen LogP contribution in [0.25, 0.3) is 16.7 Å². The number of nitrogens with zero attached hydrogens (tertiary/aromatic N) is 5. The number of piperazine rings is 1. The van der Waals surface area contributed by atoms with Crippen molar-refractivity contribution >= 4 is 28.4 Å². The maximum Gasteiger partial charge on any atom is 0.250 e. The lowest BCUT2D eigenvalue weighted by Gasteiger charge is -2.32. The normalized spacial score (nSPS) is 15.1. The highest BCUT2D eigenvalue weighted by Gasteiger charge is 2.15. The first-order valence-corrected chi connectivity index (χ1v) is 11.1. The molecule has 5 rings (SSSR count). The topological polar surface area (TPSA) is 92.3 Å². The van der Waals surface area contributed by atoms with Gasteiger partial charge in [-0.05, 0) is 36.9 Å². The lowest BCUT2D eigenvalue weighted by molar-refractivity contribution is 0.100. The van der Waals surface area contributed by atoms with E-state index in [0.29, 0.717) is 17.3 Å². The van der Waals surface area contributed by atoms with Gasteiger partial charge < -0.3 is 20.5 Å². The number of aromatic nitrogens is 3. The average Bonchev–Trinajstić information content (AvgIpc) is 3.22. The first-order chi connectivity index (χ1) is 16.1. The molecular weight excluding hydrogens is 414 g/mol. The number of primary amides is 1. The highest BCUT2D eigenvalue weighted by atomic mass is 16.1. The summed E-state index contributed by atoms with van der Waals surface area (Å²) >= 11 is 0. The van der Waals surface area contributed by atoms with Crippen LogP contribution in [0.15, 0.2) is 67.0 Å². The number of amides is 1. The minimum Gasteiger partial charge on any atom is -0.366 e. The van der Waals surface area contributed by atoms with Crippen LogP contribution in [-0.4, -0.2) is 63.5 Å². The largest absolute Gasteiger partial charge is 0.366 e. The van der Waals surface area contributed by atoms with E-state index in [1.54, 1.807) is 12.4 Å². The summed E-state index contributed by atoms with van der Waals surface area (Å²) in [5, 5.41) is 4.08. The van der Waals surface area contributed by atoms with Crippen molar-refractivity contribution in [2.75, 3.05) is 38.5 Å². The molecule has 3 N–H and O–H groups in total. The van der Waals surface area contributed by atoms with E-state index in [2.05, 4.69) is 56.4 Å². The quantitative estimate of drug-likeness (QED) is 0.478. The summed E-state index contributed by atoms with van der Waals surface area (Å²) in [6.07, 6.45) is 3.43. The summed E-state index contributed by atoms with van der Waals surface area (Å²) in [7, 11) is 2.17. The van der Waals surface area contributed by atoms with Gasteiger partial charge in [0.25, 0.3) is 5.91 Å². The first-order valence-electron chi connectivity index (χ1n) is 11.1. The van der Waals surface area contributed by atoms with Gasteiger partial charge in [0.15, 0.2) is 0 Å². The molecule has 3 heterocycles. The molecular formula is C25H27N7O. The highest BCUT2D eigenvalue weighted by Crippen LogP contribution is 2.24. The summed E-state index contributed by atoms with van der Waals surface area (Å²) in [6, 6.07) is 17.8. The predicted molar refractivity (Wildman–Crippen MR) is 130 cm³/mol. The molecule has 1 aliphatic heterocycles. The first kappa shape index (κ1) is 21.1. The molecule has 0 aliphatic carbocycles. The molecule has 1 fully saturated rings. The molecule has 33 heavy (non-hydrogen) atoms. The fraction of sp³-hybridized carbons (Fsp3) is 0.240. The second-order valence-corrected chi connectivity index (χ2v) is 8.43.